The maximum absolute atomic E-state index is 10.9. The zero-order valence-corrected chi connectivity index (χ0v) is 7.95. The van der Waals surface area contributed by atoms with Crippen molar-refractivity contribution in [1.82, 2.24) is 5.43 Å². The van der Waals surface area contributed by atoms with Crippen molar-refractivity contribution in [2.45, 2.75) is 0 Å². The van der Waals surface area contributed by atoms with Crippen LogP contribution in [0.3, 0.4) is 0 Å². The van der Waals surface area contributed by atoms with Gasteiger partial charge in [-0.15, -0.1) is 0 Å². The molecule has 2 rings (SSSR count). The Bertz CT molecular complexity index is 381. The molecule has 0 aliphatic carbocycles. The Balaban J connectivity index is 2.01. The van der Waals surface area contributed by atoms with E-state index in [2.05, 4.69) is 5.32 Å². The standard InChI is InChI=1S/C9H11N3O3/c10-12-9(13)4-11-6-1-2-7-8(3-6)15-5-14-7/h1-3,11H,4-5,10H2,(H,12,13). The van der Waals surface area contributed by atoms with E-state index >= 15 is 0 Å². The van der Waals surface area contributed by atoms with Gasteiger partial charge in [-0.05, 0) is 12.1 Å². The molecule has 1 aromatic carbocycles. The maximum atomic E-state index is 10.9. The largest absolute Gasteiger partial charge is 0.454 e. The second-order valence-corrected chi connectivity index (χ2v) is 2.99. The molecule has 0 radical (unpaired) electrons. The van der Waals surface area contributed by atoms with Gasteiger partial charge in [-0.3, -0.25) is 10.2 Å². The molecule has 0 spiro atoms. The van der Waals surface area contributed by atoms with Crippen LogP contribution in [0.15, 0.2) is 18.2 Å². The number of nitrogens with two attached hydrogens (primary N) is 1. The van der Waals surface area contributed by atoms with E-state index < -0.39 is 0 Å². The lowest BCUT2D eigenvalue weighted by molar-refractivity contribution is -0.119. The molecule has 80 valence electrons. The van der Waals surface area contributed by atoms with Crippen LogP contribution >= 0.6 is 0 Å². The first-order valence-corrected chi connectivity index (χ1v) is 4.42. The summed E-state index contributed by atoms with van der Waals surface area (Å²) in [5, 5.41) is 2.90. The number of nitrogens with one attached hydrogen (secondary N) is 2. The van der Waals surface area contributed by atoms with Crippen LogP contribution in [0.4, 0.5) is 5.69 Å². The van der Waals surface area contributed by atoms with Gasteiger partial charge >= 0.3 is 0 Å². The van der Waals surface area contributed by atoms with Gasteiger partial charge in [0.05, 0.1) is 6.54 Å². The number of carbonyl (C=O) groups excluding carboxylic acids is 1. The van der Waals surface area contributed by atoms with Crippen LogP contribution in [0, 0.1) is 0 Å². The molecule has 6 heteroatoms. The fourth-order valence-corrected chi connectivity index (χ4v) is 1.24. The Morgan fingerprint density at radius 3 is 3.00 bits per heavy atom. The Kier molecular flexibility index (Phi) is 2.59. The summed E-state index contributed by atoms with van der Waals surface area (Å²) in [5.41, 5.74) is 2.81. The van der Waals surface area contributed by atoms with Crippen LogP contribution in [0.25, 0.3) is 0 Å². The van der Waals surface area contributed by atoms with Crippen LogP contribution in [-0.2, 0) is 4.79 Å². The van der Waals surface area contributed by atoms with Crippen molar-refractivity contribution >= 4 is 11.6 Å². The second kappa shape index (κ2) is 4.05. The van der Waals surface area contributed by atoms with E-state index in [4.69, 9.17) is 15.3 Å². The fraction of sp³-hybridized carbons (Fsp3) is 0.222. The van der Waals surface area contributed by atoms with Gasteiger partial charge in [0.15, 0.2) is 11.5 Å². The molecule has 15 heavy (non-hydrogen) atoms. The van der Waals surface area contributed by atoms with Gasteiger partial charge in [-0.1, -0.05) is 0 Å². The molecule has 1 aliphatic heterocycles. The number of carbonyl (C=O) groups is 1. The Morgan fingerprint density at radius 1 is 1.40 bits per heavy atom. The number of fused-ring (bicyclic) bond motifs is 1. The lowest BCUT2D eigenvalue weighted by atomic mass is 10.3. The normalized spacial score (nSPS) is 12.3. The van der Waals surface area contributed by atoms with Crippen LogP contribution in [0.5, 0.6) is 11.5 Å². The third-order valence-corrected chi connectivity index (χ3v) is 1.99. The lowest BCUT2D eigenvalue weighted by Crippen LogP contribution is -2.35. The van der Waals surface area contributed by atoms with Gasteiger partial charge in [0.1, 0.15) is 0 Å². The van der Waals surface area contributed by atoms with E-state index in [1.54, 1.807) is 18.2 Å². The highest BCUT2D eigenvalue weighted by atomic mass is 16.7. The van der Waals surface area contributed by atoms with Gasteiger partial charge in [0, 0.05) is 11.8 Å². The summed E-state index contributed by atoms with van der Waals surface area (Å²) in [6.07, 6.45) is 0. The summed E-state index contributed by atoms with van der Waals surface area (Å²) in [4.78, 5) is 10.9. The van der Waals surface area contributed by atoms with E-state index in [-0.39, 0.29) is 19.2 Å². The highest BCUT2D eigenvalue weighted by Gasteiger charge is 2.13. The smallest absolute Gasteiger partial charge is 0.253 e. The summed E-state index contributed by atoms with van der Waals surface area (Å²) in [6.45, 7) is 0.359. The van der Waals surface area contributed by atoms with Gasteiger partial charge < -0.3 is 14.8 Å². The second-order valence-electron chi connectivity index (χ2n) is 2.99. The number of benzene rings is 1. The van der Waals surface area contributed by atoms with Crippen molar-refractivity contribution in [2.75, 3.05) is 18.7 Å². The summed E-state index contributed by atoms with van der Waals surface area (Å²) < 4.78 is 10.3. The molecular weight excluding hydrogens is 198 g/mol. The SMILES string of the molecule is NNC(=O)CNc1ccc2c(c1)OCO2. The first-order chi connectivity index (χ1) is 7.29. The van der Waals surface area contributed by atoms with Crippen molar-refractivity contribution in [3.63, 3.8) is 0 Å². The number of hydrogen-bond acceptors (Lipinski definition) is 5. The van der Waals surface area contributed by atoms with Gasteiger partial charge in [-0.2, -0.15) is 0 Å². The van der Waals surface area contributed by atoms with Gasteiger partial charge in [0.2, 0.25) is 6.79 Å². The lowest BCUT2D eigenvalue weighted by Gasteiger charge is -2.05. The monoisotopic (exact) mass is 209 g/mol. The fourth-order valence-electron chi connectivity index (χ4n) is 1.24. The molecule has 1 aromatic rings. The van der Waals surface area contributed by atoms with Crippen LogP contribution in [-0.4, -0.2) is 19.2 Å². The average molecular weight is 209 g/mol. The zero-order valence-electron chi connectivity index (χ0n) is 7.95. The van der Waals surface area contributed by atoms with E-state index in [1.807, 2.05) is 5.43 Å². The summed E-state index contributed by atoms with van der Waals surface area (Å²) in [7, 11) is 0. The highest BCUT2D eigenvalue weighted by molar-refractivity contribution is 5.80. The molecule has 0 saturated heterocycles. The van der Waals surface area contributed by atoms with Crippen molar-refractivity contribution < 1.29 is 14.3 Å². The van der Waals surface area contributed by atoms with Crippen molar-refractivity contribution in [3.05, 3.63) is 18.2 Å². The first-order valence-electron chi connectivity index (χ1n) is 4.42. The quantitative estimate of drug-likeness (QED) is 0.365. The molecule has 0 unspecified atom stereocenters. The molecule has 1 heterocycles. The Hall–Kier alpha value is -1.95. The number of hydrogen-bond donors (Lipinski definition) is 3. The molecule has 0 saturated carbocycles. The van der Waals surface area contributed by atoms with Crippen molar-refractivity contribution in [1.29, 1.82) is 0 Å². The summed E-state index contributed by atoms with van der Waals surface area (Å²) >= 11 is 0. The minimum absolute atomic E-state index is 0.121. The molecule has 0 aromatic heterocycles. The molecule has 0 bridgehead atoms. The molecule has 6 nitrogen and oxygen atoms in total. The third kappa shape index (κ3) is 2.10. The number of ether oxygens (including phenoxy) is 2. The predicted octanol–water partition coefficient (Wildman–Crippen LogP) is -0.183. The highest BCUT2D eigenvalue weighted by Crippen LogP contribution is 2.33. The van der Waals surface area contributed by atoms with Crippen LogP contribution in [0.1, 0.15) is 0 Å². The zero-order chi connectivity index (χ0) is 10.7. The molecule has 0 fully saturated rings. The van der Waals surface area contributed by atoms with E-state index in [9.17, 15) is 4.79 Å². The number of amides is 1. The minimum atomic E-state index is -0.285. The Labute approximate surface area is 86.3 Å². The van der Waals surface area contributed by atoms with Gasteiger partial charge in [-0.25, -0.2) is 5.84 Å². The maximum Gasteiger partial charge on any atom is 0.253 e. The summed E-state index contributed by atoms with van der Waals surface area (Å²) in [6, 6.07) is 5.36. The molecule has 1 aliphatic rings. The third-order valence-electron chi connectivity index (χ3n) is 1.99. The van der Waals surface area contributed by atoms with E-state index in [0.29, 0.717) is 11.5 Å². The number of hydrazine groups is 1. The van der Waals surface area contributed by atoms with Crippen molar-refractivity contribution in [2.24, 2.45) is 5.84 Å². The van der Waals surface area contributed by atoms with Crippen LogP contribution in [0.2, 0.25) is 0 Å². The molecular formula is C9H11N3O3. The van der Waals surface area contributed by atoms with E-state index in [1.165, 1.54) is 0 Å². The molecule has 1 amide bonds. The first kappa shape index (κ1) is 9.60. The summed E-state index contributed by atoms with van der Waals surface area (Å²) in [5.74, 6) is 6.04. The molecule has 4 N–H and O–H groups in total. The minimum Gasteiger partial charge on any atom is -0.454 e. The van der Waals surface area contributed by atoms with Crippen molar-refractivity contribution in [3.8, 4) is 11.5 Å². The van der Waals surface area contributed by atoms with E-state index in [0.717, 1.165) is 5.69 Å². The predicted molar refractivity (Wildman–Crippen MR) is 53.4 cm³/mol. The Morgan fingerprint density at radius 2 is 2.20 bits per heavy atom. The van der Waals surface area contributed by atoms with Crippen LogP contribution < -0.4 is 26.1 Å². The number of rotatable bonds is 3. The number of anilines is 1. The molecule has 0 atom stereocenters. The average Bonchev–Trinajstić information content (AvgIpc) is 2.72. The topological polar surface area (TPSA) is 85.6 Å². The van der Waals surface area contributed by atoms with Gasteiger partial charge in [0.25, 0.3) is 5.91 Å².